The molecular weight excluding hydrogens is 283 g/mol. The number of rotatable bonds is 2. The monoisotopic (exact) mass is 304 g/mol. The molecule has 0 N–H and O–H groups in total. The van der Waals surface area contributed by atoms with E-state index in [9.17, 15) is 4.79 Å². The first kappa shape index (κ1) is 15.4. The summed E-state index contributed by atoms with van der Waals surface area (Å²) in [5.74, 6) is 0.312. The predicted molar refractivity (Wildman–Crippen MR) is 82.3 cm³/mol. The number of carbonyl (C=O) groups is 1. The Kier molecular flexibility index (Phi) is 3.49. The fraction of sp³-hybridized carbons (Fsp3) is 0.562. The normalized spacial score (nSPS) is 24.8. The van der Waals surface area contributed by atoms with Crippen molar-refractivity contribution in [2.45, 2.75) is 51.4 Å². The minimum atomic E-state index is -0.594. The standard InChI is InChI=1S/C16H21BO5/c1-15(2)16(3,4)22-17(21-15)11-8-6-7-10-9-12(14(18)19-5)20-13(10)11/h6-8,12H,9H2,1-5H3. The average molecular weight is 304 g/mol. The van der Waals surface area contributed by atoms with E-state index in [1.165, 1.54) is 7.11 Å². The lowest BCUT2D eigenvalue weighted by molar-refractivity contribution is -0.147. The molecule has 6 heteroatoms. The Hall–Kier alpha value is -1.53. The molecule has 0 saturated carbocycles. The van der Waals surface area contributed by atoms with E-state index in [2.05, 4.69) is 0 Å². The number of hydrogen-bond acceptors (Lipinski definition) is 5. The molecule has 3 rings (SSSR count). The van der Waals surface area contributed by atoms with Crippen LogP contribution in [0.3, 0.4) is 0 Å². The third-order valence-corrected chi connectivity index (χ3v) is 4.76. The van der Waals surface area contributed by atoms with Crippen molar-refractivity contribution >= 4 is 18.6 Å². The van der Waals surface area contributed by atoms with E-state index < -0.39 is 24.4 Å². The molecule has 2 aliphatic heterocycles. The lowest BCUT2D eigenvalue weighted by Crippen LogP contribution is -2.41. The highest BCUT2D eigenvalue weighted by Crippen LogP contribution is 2.38. The molecule has 22 heavy (non-hydrogen) atoms. The van der Waals surface area contributed by atoms with Crippen molar-refractivity contribution in [1.29, 1.82) is 0 Å². The maximum atomic E-state index is 11.7. The number of ether oxygens (including phenoxy) is 2. The molecule has 1 fully saturated rings. The smallest absolute Gasteiger partial charge is 0.478 e. The number of para-hydroxylation sites is 1. The molecule has 0 radical (unpaired) electrons. The highest BCUT2D eigenvalue weighted by molar-refractivity contribution is 6.63. The minimum absolute atomic E-state index is 0.365. The first-order chi connectivity index (χ1) is 10.2. The number of esters is 1. The van der Waals surface area contributed by atoms with E-state index in [4.69, 9.17) is 18.8 Å². The second-order valence-corrected chi connectivity index (χ2v) is 6.76. The molecule has 0 aliphatic carbocycles. The molecule has 0 spiro atoms. The summed E-state index contributed by atoms with van der Waals surface area (Å²) < 4.78 is 22.7. The second kappa shape index (κ2) is 5.00. The van der Waals surface area contributed by atoms with E-state index >= 15 is 0 Å². The van der Waals surface area contributed by atoms with Gasteiger partial charge < -0.3 is 18.8 Å². The van der Waals surface area contributed by atoms with E-state index in [0.717, 1.165) is 11.0 Å². The summed E-state index contributed by atoms with van der Waals surface area (Å²) in [5, 5.41) is 0. The second-order valence-electron chi connectivity index (χ2n) is 6.76. The van der Waals surface area contributed by atoms with Crippen molar-refractivity contribution in [3.05, 3.63) is 23.8 Å². The van der Waals surface area contributed by atoms with Crippen molar-refractivity contribution in [3.8, 4) is 5.75 Å². The average Bonchev–Trinajstić information content (AvgIpc) is 2.96. The Morgan fingerprint density at radius 1 is 1.23 bits per heavy atom. The fourth-order valence-electron chi connectivity index (χ4n) is 2.71. The van der Waals surface area contributed by atoms with Crippen LogP contribution in [-0.4, -0.2) is 37.5 Å². The first-order valence-electron chi connectivity index (χ1n) is 7.47. The largest absolute Gasteiger partial charge is 0.498 e. The molecule has 5 nitrogen and oxygen atoms in total. The fourth-order valence-corrected chi connectivity index (χ4v) is 2.71. The zero-order valence-corrected chi connectivity index (χ0v) is 13.6. The summed E-state index contributed by atoms with van der Waals surface area (Å²) in [6.07, 6.45) is -0.0846. The highest BCUT2D eigenvalue weighted by Gasteiger charge is 2.53. The van der Waals surface area contributed by atoms with Crippen LogP contribution in [0.1, 0.15) is 33.3 Å². The van der Waals surface area contributed by atoms with Gasteiger partial charge in [-0.25, -0.2) is 4.79 Å². The Bertz CT molecular complexity index is 595. The van der Waals surface area contributed by atoms with E-state index in [1.54, 1.807) is 0 Å². The van der Waals surface area contributed by atoms with Crippen LogP contribution in [0, 0.1) is 0 Å². The van der Waals surface area contributed by atoms with Gasteiger partial charge in [-0.15, -0.1) is 0 Å². The van der Waals surface area contributed by atoms with Crippen molar-refractivity contribution in [2.24, 2.45) is 0 Å². The molecule has 1 aromatic rings. The van der Waals surface area contributed by atoms with Crippen LogP contribution in [0.25, 0.3) is 0 Å². The Labute approximate surface area is 131 Å². The van der Waals surface area contributed by atoms with Crippen molar-refractivity contribution in [2.75, 3.05) is 7.11 Å². The van der Waals surface area contributed by atoms with Gasteiger partial charge in [0, 0.05) is 11.9 Å². The van der Waals surface area contributed by atoms with Crippen LogP contribution in [0.5, 0.6) is 5.75 Å². The Balaban J connectivity index is 1.90. The number of fused-ring (bicyclic) bond motifs is 1. The summed E-state index contributed by atoms with van der Waals surface area (Å²) in [7, 11) is 0.862. The molecule has 1 saturated heterocycles. The highest BCUT2D eigenvalue weighted by atomic mass is 16.7. The number of methoxy groups -OCH3 is 1. The summed E-state index contributed by atoms with van der Waals surface area (Å²) >= 11 is 0. The van der Waals surface area contributed by atoms with Gasteiger partial charge in [-0.1, -0.05) is 18.2 Å². The zero-order valence-electron chi connectivity index (χ0n) is 13.6. The quantitative estimate of drug-likeness (QED) is 0.611. The molecule has 0 amide bonds. The number of benzene rings is 1. The van der Waals surface area contributed by atoms with Gasteiger partial charge in [-0.2, -0.15) is 0 Å². The van der Waals surface area contributed by atoms with Crippen molar-refractivity contribution in [3.63, 3.8) is 0 Å². The van der Waals surface area contributed by atoms with Gasteiger partial charge in [0.2, 0.25) is 0 Å². The van der Waals surface area contributed by atoms with Crippen LogP contribution in [0.15, 0.2) is 18.2 Å². The van der Waals surface area contributed by atoms with Crippen molar-refractivity contribution in [1.82, 2.24) is 0 Å². The number of carbonyl (C=O) groups excluding carboxylic acids is 1. The molecule has 0 aromatic heterocycles. The Morgan fingerprint density at radius 2 is 1.86 bits per heavy atom. The molecule has 1 unspecified atom stereocenters. The van der Waals surface area contributed by atoms with Gasteiger partial charge in [-0.05, 0) is 33.3 Å². The van der Waals surface area contributed by atoms with Crippen LogP contribution in [-0.2, 0) is 25.3 Å². The van der Waals surface area contributed by atoms with Gasteiger partial charge in [0.1, 0.15) is 5.75 Å². The summed E-state index contributed by atoms with van der Waals surface area (Å²) in [6.45, 7) is 8.03. The molecule has 1 aromatic carbocycles. The van der Waals surface area contributed by atoms with Crippen LogP contribution in [0.4, 0.5) is 0 Å². The van der Waals surface area contributed by atoms with E-state index in [0.29, 0.717) is 12.2 Å². The maximum Gasteiger partial charge on any atom is 0.498 e. The summed E-state index contributed by atoms with van der Waals surface area (Å²) in [4.78, 5) is 11.7. The lowest BCUT2D eigenvalue weighted by Gasteiger charge is -2.32. The first-order valence-corrected chi connectivity index (χ1v) is 7.47. The molecule has 1 atom stereocenters. The molecular formula is C16H21BO5. The van der Waals surface area contributed by atoms with Gasteiger partial charge in [0.25, 0.3) is 0 Å². The topological polar surface area (TPSA) is 54.0 Å². The van der Waals surface area contributed by atoms with Crippen LogP contribution in [0.2, 0.25) is 0 Å². The molecule has 0 bridgehead atoms. The van der Waals surface area contributed by atoms with Gasteiger partial charge in [-0.3, -0.25) is 0 Å². The third-order valence-electron chi connectivity index (χ3n) is 4.76. The predicted octanol–water partition coefficient (Wildman–Crippen LogP) is 1.46. The summed E-state index contributed by atoms with van der Waals surface area (Å²) in [5.41, 5.74) is 0.965. The molecule has 118 valence electrons. The van der Waals surface area contributed by atoms with Gasteiger partial charge in [0.05, 0.1) is 18.3 Å². The van der Waals surface area contributed by atoms with E-state index in [-0.39, 0.29) is 5.97 Å². The SMILES string of the molecule is COC(=O)C1Cc2cccc(B3OC(C)(C)C(C)(C)O3)c2O1. The zero-order chi connectivity index (χ0) is 16.1. The lowest BCUT2D eigenvalue weighted by atomic mass is 9.77. The van der Waals surface area contributed by atoms with Gasteiger partial charge in [0.15, 0.2) is 6.10 Å². The van der Waals surface area contributed by atoms with Crippen LogP contribution >= 0.6 is 0 Å². The minimum Gasteiger partial charge on any atom is -0.478 e. The van der Waals surface area contributed by atoms with Gasteiger partial charge >= 0.3 is 13.1 Å². The number of hydrogen-bond donors (Lipinski definition) is 0. The maximum absolute atomic E-state index is 11.7. The molecule has 2 heterocycles. The third kappa shape index (κ3) is 2.30. The molecule has 2 aliphatic rings. The van der Waals surface area contributed by atoms with Crippen molar-refractivity contribution < 1.29 is 23.6 Å². The van der Waals surface area contributed by atoms with E-state index in [1.807, 2.05) is 45.9 Å². The summed E-state index contributed by atoms with van der Waals surface area (Å²) in [6, 6.07) is 5.80. The van der Waals surface area contributed by atoms with Crippen LogP contribution < -0.4 is 10.2 Å². The Morgan fingerprint density at radius 3 is 2.45 bits per heavy atom.